The third-order valence-corrected chi connectivity index (χ3v) is 0.938. The monoisotopic (exact) mass is 124 g/mol. The van der Waals surface area contributed by atoms with Gasteiger partial charge in [0.25, 0.3) is 0 Å². The highest BCUT2D eigenvalue weighted by atomic mass is 16.1. The van der Waals surface area contributed by atoms with E-state index in [2.05, 4.69) is 9.97 Å². The number of amides is 1. The molecule has 0 unspecified atom stereocenters. The van der Waals surface area contributed by atoms with E-state index in [9.17, 15) is 4.79 Å². The Hall–Kier alpha value is -1.32. The van der Waals surface area contributed by atoms with Crippen LogP contribution in [0.4, 0.5) is 5.95 Å². The quantitative estimate of drug-likeness (QED) is 0.560. The number of nitrogens with zero attached hydrogens (tertiary/aromatic N) is 2. The number of nitrogens with one attached hydrogen (secondary N) is 1. The number of carbonyl (C=O) groups excluding carboxylic acids is 1. The summed E-state index contributed by atoms with van der Waals surface area (Å²) in [7, 11) is 1.58. The first kappa shape index (κ1) is 5.81. The number of anilines is 1. The van der Waals surface area contributed by atoms with Crippen molar-refractivity contribution in [3.05, 3.63) is 12.4 Å². The van der Waals surface area contributed by atoms with Gasteiger partial charge >= 0.3 is 6.41 Å². The van der Waals surface area contributed by atoms with E-state index < -0.39 is 0 Å². The molecule has 0 fully saturated rings. The van der Waals surface area contributed by atoms with Gasteiger partial charge < -0.3 is 4.98 Å². The first-order valence-corrected chi connectivity index (χ1v) is 2.45. The normalized spacial score (nSPS) is 9.00. The molecule has 1 N–H and O–H groups in total. The molecule has 9 heavy (non-hydrogen) atoms. The van der Waals surface area contributed by atoms with E-state index in [1.54, 1.807) is 25.9 Å². The molecule has 1 radical (unpaired) electrons. The number of rotatable bonds is 2. The zero-order chi connectivity index (χ0) is 6.69. The number of aromatic nitrogens is 2. The van der Waals surface area contributed by atoms with Gasteiger partial charge in [-0.15, -0.1) is 0 Å². The Morgan fingerprint density at radius 1 is 1.89 bits per heavy atom. The van der Waals surface area contributed by atoms with E-state index in [-0.39, 0.29) is 0 Å². The van der Waals surface area contributed by atoms with Gasteiger partial charge in [0.05, 0.1) is 0 Å². The van der Waals surface area contributed by atoms with Crippen LogP contribution >= 0.6 is 0 Å². The maximum atomic E-state index is 9.94. The van der Waals surface area contributed by atoms with Crippen LogP contribution in [0.15, 0.2) is 12.4 Å². The zero-order valence-electron chi connectivity index (χ0n) is 4.96. The second-order valence-corrected chi connectivity index (χ2v) is 1.56. The van der Waals surface area contributed by atoms with Crippen LogP contribution in [-0.2, 0) is 4.79 Å². The topological polar surface area (TPSA) is 49.0 Å². The summed E-state index contributed by atoms with van der Waals surface area (Å²) in [5.74, 6) is 0.505. The van der Waals surface area contributed by atoms with Crippen molar-refractivity contribution in [3.63, 3.8) is 0 Å². The average molecular weight is 124 g/mol. The first-order valence-electron chi connectivity index (χ1n) is 2.45. The standard InChI is InChI=1S/C5H6N3O/c1-8(4-9)5-6-2-3-7-5/h2-3H,1H3,(H,6,7). The lowest BCUT2D eigenvalue weighted by atomic mass is 10.8. The van der Waals surface area contributed by atoms with E-state index in [0.29, 0.717) is 5.95 Å². The highest BCUT2D eigenvalue weighted by Crippen LogP contribution is 1.97. The Kier molecular flexibility index (Phi) is 1.48. The van der Waals surface area contributed by atoms with Gasteiger partial charge in [0.2, 0.25) is 5.95 Å². The molecular weight excluding hydrogens is 118 g/mol. The summed E-state index contributed by atoms with van der Waals surface area (Å²) < 4.78 is 0. The summed E-state index contributed by atoms with van der Waals surface area (Å²) in [6, 6.07) is 0. The maximum absolute atomic E-state index is 9.94. The molecular formula is C5H6N3O. The molecule has 0 saturated heterocycles. The van der Waals surface area contributed by atoms with Crippen LogP contribution in [0.2, 0.25) is 0 Å². The van der Waals surface area contributed by atoms with Crippen LogP contribution in [0, 0.1) is 0 Å². The predicted molar refractivity (Wildman–Crippen MR) is 32.7 cm³/mol. The van der Waals surface area contributed by atoms with E-state index in [1.807, 2.05) is 0 Å². The van der Waals surface area contributed by atoms with Crippen molar-refractivity contribution in [2.45, 2.75) is 0 Å². The van der Waals surface area contributed by atoms with Crippen molar-refractivity contribution in [2.75, 3.05) is 11.9 Å². The highest BCUT2D eigenvalue weighted by Gasteiger charge is 1.98. The summed E-state index contributed by atoms with van der Waals surface area (Å²) in [5.41, 5.74) is 0. The summed E-state index contributed by atoms with van der Waals surface area (Å²) in [4.78, 5) is 17.7. The van der Waals surface area contributed by atoms with E-state index in [0.717, 1.165) is 0 Å². The fourth-order valence-corrected chi connectivity index (χ4v) is 0.484. The minimum Gasteiger partial charge on any atom is -0.331 e. The van der Waals surface area contributed by atoms with Gasteiger partial charge in [-0.25, -0.2) is 4.98 Å². The lowest BCUT2D eigenvalue weighted by Gasteiger charge is -2.01. The number of H-pyrrole nitrogens is 1. The molecule has 1 aromatic heterocycles. The Labute approximate surface area is 52.5 Å². The molecule has 0 bridgehead atoms. The van der Waals surface area contributed by atoms with Crippen LogP contribution < -0.4 is 4.90 Å². The molecule has 0 atom stereocenters. The fraction of sp³-hybridized carbons (Fsp3) is 0.200. The van der Waals surface area contributed by atoms with Gasteiger partial charge in [-0.2, -0.15) is 0 Å². The molecule has 1 amide bonds. The lowest BCUT2D eigenvalue weighted by molar-refractivity contribution is 0.553. The first-order chi connectivity index (χ1) is 4.34. The second-order valence-electron chi connectivity index (χ2n) is 1.56. The van der Waals surface area contributed by atoms with Gasteiger partial charge in [-0.1, -0.05) is 0 Å². The van der Waals surface area contributed by atoms with Crippen molar-refractivity contribution in [3.8, 4) is 0 Å². The molecule has 4 nitrogen and oxygen atoms in total. The average Bonchev–Trinajstić information content (AvgIpc) is 2.37. The zero-order valence-corrected chi connectivity index (χ0v) is 4.96. The Balaban J connectivity index is 2.76. The van der Waals surface area contributed by atoms with Crippen LogP contribution in [0.5, 0.6) is 0 Å². The second kappa shape index (κ2) is 2.30. The largest absolute Gasteiger partial charge is 0.331 e. The van der Waals surface area contributed by atoms with E-state index in [4.69, 9.17) is 0 Å². The van der Waals surface area contributed by atoms with Crippen LogP contribution in [0.3, 0.4) is 0 Å². The maximum Gasteiger partial charge on any atom is 0.319 e. The minimum absolute atomic E-state index is 0.505. The Bertz CT molecular complexity index is 182. The number of aromatic amines is 1. The molecule has 47 valence electrons. The number of hydrogen-bond acceptors (Lipinski definition) is 2. The van der Waals surface area contributed by atoms with Gasteiger partial charge in [-0.05, 0) is 0 Å². The van der Waals surface area contributed by atoms with E-state index in [1.165, 1.54) is 4.90 Å². The smallest absolute Gasteiger partial charge is 0.319 e. The van der Waals surface area contributed by atoms with Crippen molar-refractivity contribution >= 4 is 12.4 Å². The van der Waals surface area contributed by atoms with Crippen molar-refractivity contribution in [1.82, 2.24) is 9.97 Å². The fourth-order valence-electron chi connectivity index (χ4n) is 0.484. The van der Waals surface area contributed by atoms with Gasteiger partial charge in [0.15, 0.2) is 0 Å². The molecule has 1 heterocycles. The van der Waals surface area contributed by atoms with Gasteiger partial charge in [0, 0.05) is 19.4 Å². The van der Waals surface area contributed by atoms with Crippen molar-refractivity contribution in [2.24, 2.45) is 0 Å². The van der Waals surface area contributed by atoms with Crippen LogP contribution in [-0.4, -0.2) is 23.4 Å². The third kappa shape index (κ3) is 1.07. The molecule has 0 saturated carbocycles. The SMILES string of the molecule is CN([C]=O)c1ncc[nH]1. The Morgan fingerprint density at radius 2 is 2.67 bits per heavy atom. The summed E-state index contributed by atoms with van der Waals surface area (Å²) in [6.07, 6.45) is 4.87. The molecule has 0 aliphatic heterocycles. The number of imidazole rings is 1. The molecule has 0 aliphatic carbocycles. The molecule has 1 aromatic rings. The summed E-state index contributed by atoms with van der Waals surface area (Å²) in [5, 5.41) is 0. The van der Waals surface area contributed by atoms with Crippen LogP contribution in [0.1, 0.15) is 0 Å². The van der Waals surface area contributed by atoms with Crippen LogP contribution in [0.25, 0.3) is 0 Å². The Morgan fingerprint density at radius 3 is 3.11 bits per heavy atom. The third-order valence-electron chi connectivity index (χ3n) is 0.938. The molecule has 1 rings (SSSR count). The summed E-state index contributed by atoms with van der Waals surface area (Å²) >= 11 is 0. The molecule has 0 spiro atoms. The lowest BCUT2D eigenvalue weighted by Crippen LogP contribution is -2.14. The van der Waals surface area contributed by atoms with Crippen molar-refractivity contribution in [1.29, 1.82) is 0 Å². The molecule has 0 aliphatic rings. The summed E-state index contributed by atoms with van der Waals surface area (Å²) in [6.45, 7) is 0. The minimum atomic E-state index is 0.505. The predicted octanol–water partition coefficient (Wildman–Crippen LogP) is -0.0869. The van der Waals surface area contributed by atoms with E-state index >= 15 is 0 Å². The molecule has 4 heteroatoms. The van der Waals surface area contributed by atoms with Crippen molar-refractivity contribution < 1.29 is 4.79 Å². The van der Waals surface area contributed by atoms with Gasteiger partial charge in [0.1, 0.15) is 0 Å². The number of hydrogen-bond donors (Lipinski definition) is 1. The van der Waals surface area contributed by atoms with Gasteiger partial charge in [-0.3, -0.25) is 9.69 Å². The highest BCUT2D eigenvalue weighted by molar-refractivity contribution is 5.70. The molecule has 0 aromatic carbocycles.